The van der Waals surface area contributed by atoms with Gasteiger partial charge in [0, 0.05) is 19.2 Å². The van der Waals surface area contributed by atoms with Gasteiger partial charge in [-0.05, 0) is 70.3 Å². The summed E-state index contributed by atoms with van der Waals surface area (Å²) in [4.78, 5) is 5.15. The summed E-state index contributed by atoms with van der Waals surface area (Å²) < 4.78 is 51.9. The minimum absolute atomic E-state index is 0.192. The maximum absolute atomic E-state index is 8.53. The van der Waals surface area contributed by atoms with Crippen LogP contribution in [0.5, 0.6) is 0 Å². The molecular formula is C35H36N2. The van der Waals surface area contributed by atoms with Gasteiger partial charge in [0.2, 0.25) is 0 Å². The van der Waals surface area contributed by atoms with Crippen molar-refractivity contribution in [3.8, 4) is 28.2 Å². The Hall–Kier alpha value is -3.65. The highest BCUT2D eigenvalue weighted by Gasteiger charge is 2.35. The van der Waals surface area contributed by atoms with Gasteiger partial charge < -0.3 is 0 Å². The van der Waals surface area contributed by atoms with Crippen LogP contribution in [0.1, 0.15) is 89.3 Å². The summed E-state index contributed by atoms with van der Waals surface area (Å²) >= 11 is 0. The van der Waals surface area contributed by atoms with Crippen molar-refractivity contribution in [3.63, 3.8) is 0 Å². The molecule has 1 atom stereocenters. The van der Waals surface area contributed by atoms with Gasteiger partial charge in [-0.1, -0.05) is 108 Å². The number of rotatable bonds is 4. The van der Waals surface area contributed by atoms with E-state index in [1.54, 1.807) is 25.1 Å². The van der Waals surface area contributed by atoms with Gasteiger partial charge >= 0.3 is 0 Å². The van der Waals surface area contributed by atoms with E-state index in [1.165, 1.54) is 11.1 Å². The lowest BCUT2D eigenvalue weighted by Gasteiger charge is -2.23. The number of imidazole rings is 1. The van der Waals surface area contributed by atoms with Crippen LogP contribution in [-0.4, -0.2) is 9.55 Å². The van der Waals surface area contributed by atoms with Gasteiger partial charge in [0.25, 0.3) is 0 Å². The van der Waals surface area contributed by atoms with Crippen molar-refractivity contribution in [3.05, 3.63) is 107 Å². The molecule has 37 heavy (non-hydrogen) atoms. The second-order valence-electron chi connectivity index (χ2n) is 11.0. The Labute approximate surface area is 229 Å². The van der Waals surface area contributed by atoms with Crippen LogP contribution >= 0.6 is 0 Å². The first kappa shape index (κ1) is 17.7. The van der Waals surface area contributed by atoms with Crippen molar-refractivity contribution in [2.45, 2.75) is 65.6 Å². The zero-order chi connectivity index (χ0) is 31.1. The molecule has 6 rings (SSSR count). The number of aromatic nitrogens is 2. The number of para-hydroxylation sites is 3. The lowest BCUT2D eigenvalue weighted by molar-refractivity contribution is 0.660. The van der Waals surface area contributed by atoms with Crippen LogP contribution in [0.2, 0.25) is 0 Å². The van der Waals surface area contributed by atoms with Gasteiger partial charge in [-0.3, -0.25) is 4.57 Å². The third-order valence-electron chi connectivity index (χ3n) is 7.79. The SMILES string of the molecule is [2H]C([2H])([2H])c1ccc2c(c1)-c1cc(-c3nc4ccccc4n3-c3c(C(C)C)cccc3C(C)C)ccc1C2(C)C([2H])([2H])[2H]. The Morgan fingerprint density at radius 2 is 1.46 bits per heavy atom. The number of fused-ring (bicyclic) bond motifs is 4. The van der Waals surface area contributed by atoms with Crippen LogP contribution in [0, 0.1) is 6.85 Å². The smallest absolute Gasteiger partial charge is 0.145 e. The van der Waals surface area contributed by atoms with E-state index in [0.717, 1.165) is 33.7 Å². The number of hydrogen-bond acceptors (Lipinski definition) is 1. The second kappa shape index (κ2) is 8.45. The van der Waals surface area contributed by atoms with Gasteiger partial charge in [-0.2, -0.15) is 0 Å². The third kappa shape index (κ3) is 3.57. The zero-order valence-electron chi connectivity index (χ0n) is 28.1. The molecule has 0 saturated heterocycles. The molecule has 0 spiro atoms. The average molecular weight is 491 g/mol. The predicted molar refractivity (Wildman–Crippen MR) is 157 cm³/mol. The fourth-order valence-corrected chi connectivity index (χ4v) is 5.91. The highest BCUT2D eigenvalue weighted by atomic mass is 15.1. The summed E-state index contributed by atoms with van der Waals surface area (Å²) in [5, 5.41) is 0. The van der Waals surface area contributed by atoms with E-state index >= 15 is 0 Å². The lowest BCUT2D eigenvalue weighted by Crippen LogP contribution is -2.14. The molecule has 0 amide bonds. The zero-order valence-corrected chi connectivity index (χ0v) is 22.1. The quantitative estimate of drug-likeness (QED) is 0.245. The van der Waals surface area contributed by atoms with E-state index in [9.17, 15) is 0 Å². The molecular weight excluding hydrogens is 448 g/mol. The maximum atomic E-state index is 8.53. The first-order valence-electron chi connectivity index (χ1n) is 16.1. The van der Waals surface area contributed by atoms with Gasteiger partial charge in [0.1, 0.15) is 5.82 Å². The van der Waals surface area contributed by atoms with E-state index in [0.29, 0.717) is 16.7 Å². The molecule has 2 heteroatoms. The molecule has 0 saturated carbocycles. The Morgan fingerprint density at radius 1 is 0.784 bits per heavy atom. The molecule has 1 aliphatic rings. The topological polar surface area (TPSA) is 17.8 Å². The molecule has 0 aliphatic heterocycles. The fraction of sp³-hybridized carbons (Fsp3) is 0.286. The molecule has 1 unspecified atom stereocenters. The molecule has 186 valence electrons. The van der Waals surface area contributed by atoms with Gasteiger partial charge in [-0.15, -0.1) is 0 Å². The number of nitrogens with zero attached hydrogens (tertiary/aromatic N) is 2. The summed E-state index contributed by atoms with van der Waals surface area (Å²) in [5.41, 5.74) is 7.84. The van der Waals surface area contributed by atoms with E-state index < -0.39 is 19.1 Å². The predicted octanol–water partition coefficient (Wildman–Crippen LogP) is 9.55. The number of aryl methyl sites for hydroxylation is 1. The second-order valence-corrected chi connectivity index (χ2v) is 11.0. The van der Waals surface area contributed by atoms with E-state index in [-0.39, 0.29) is 17.4 Å². The molecule has 0 radical (unpaired) electrons. The highest BCUT2D eigenvalue weighted by molar-refractivity contribution is 5.88. The van der Waals surface area contributed by atoms with Crippen molar-refractivity contribution in [2.75, 3.05) is 0 Å². The van der Waals surface area contributed by atoms with Gasteiger partial charge in [-0.25, -0.2) is 4.98 Å². The molecule has 1 aromatic heterocycles. The summed E-state index contributed by atoms with van der Waals surface area (Å²) in [7, 11) is 0. The Kier molecular flexibility index (Phi) is 4.05. The minimum Gasteiger partial charge on any atom is -0.292 e. The standard InChI is InChI=1S/C35H36N2/c1-21(2)25-11-10-12-26(22(3)4)33(25)37-32-14-9-8-13-31(32)36-34(37)24-16-18-30-28(20-24)27-19-23(5)15-17-29(27)35(30,6)7/h8-22H,1-7H3/i5D3,6D3. The summed E-state index contributed by atoms with van der Waals surface area (Å²) in [6.45, 7) is 5.89. The molecule has 4 aromatic carbocycles. The largest absolute Gasteiger partial charge is 0.292 e. The van der Waals surface area contributed by atoms with Gasteiger partial charge in [0.15, 0.2) is 0 Å². The Balaban J connectivity index is 1.68. The number of benzene rings is 4. The summed E-state index contributed by atoms with van der Waals surface area (Å²) in [6, 6.07) is 25.3. The molecule has 0 fully saturated rings. The van der Waals surface area contributed by atoms with Crippen molar-refractivity contribution in [2.24, 2.45) is 0 Å². The normalized spacial score (nSPS) is 19.6. The molecule has 0 bridgehead atoms. The summed E-state index contributed by atoms with van der Waals surface area (Å²) in [5.74, 6) is 1.30. The first-order chi connectivity index (χ1) is 20.1. The molecule has 5 aromatic rings. The van der Waals surface area contributed by atoms with Crippen molar-refractivity contribution >= 4 is 11.0 Å². The van der Waals surface area contributed by atoms with Crippen molar-refractivity contribution < 1.29 is 8.22 Å². The molecule has 1 aliphatic carbocycles. The minimum atomic E-state index is -2.34. The number of hydrogen-bond donors (Lipinski definition) is 0. The highest BCUT2D eigenvalue weighted by Crippen LogP contribution is 2.50. The Morgan fingerprint density at radius 3 is 2.14 bits per heavy atom. The van der Waals surface area contributed by atoms with Crippen LogP contribution in [0.25, 0.3) is 39.2 Å². The first-order valence-corrected chi connectivity index (χ1v) is 13.1. The molecule has 2 nitrogen and oxygen atoms in total. The molecule has 0 N–H and O–H groups in total. The third-order valence-corrected chi connectivity index (χ3v) is 7.79. The lowest BCUT2D eigenvalue weighted by atomic mass is 9.82. The van der Waals surface area contributed by atoms with Crippen LogP contribution in [0.4, 0.5) is 0 Å². The van der Waals surface area contributed by atoms with Crippen molar-refractivity contribution in [1.29, 1.82) is 0 Å². The van der Waals surface area contributed by atoms with E-state index in [2.05, 4.69) is 56.5 Å². The van der Waals surface area contributed by atoms with Crippen molar-refractivity contribution in [1.82, 2.24) is 9.55 Å². The monoisotopic (exact) mass is 490 g/mol. The van der Waals surface area contributed by atoms with Gasteiger partial charge in [0.05, 0.1) is 16.7 Å². The van der Waals surface area contributed by atoms with E-state index in [1.807, 2.05) is 36.4 Å². The van der Waals surface area contributed by atoms with Crippen LogP contribution in [-0.2, 0) is 5.41 Å². The fourth-order valence-electron chi connectivity index (χ4n) is 5.91. The van der Waals surface area contributed by atoms with Crippen LogP contribution in [0.15, 0.2) is 78.9 Å². The van der Waals surface area contributed by atoms with Crippen LogP contribution in [0.3, 0.4) is 0 Å². The maximum Gasteiger partial charge on any atom is 0.145 e. The Bertz CT molecular complexity index is 1850. The van der Waals surface area contributed by atoms with Crippen LogP contribution < -0.4 is 0 Å². The molecule has 1 heterocycles. The van der Waals surface area contributed by atoms with E-state index in [4.69, 9.17) is 13.2 Å². The average Bonchev–Trinajstić information content (AvgIpc) is 3.45. The summed E-state index contributed by atoms with van der Waals surface area (Å²) in [6.07, 6.45) is 0.